The highest BCUT2D eigenvalue weighted by atomic mass is 35.5. The standard InChI is InChI=1S/C10H15ClN2O3S2/c1-17(14)6-2-5-13-18(15,16)10-4-3-8(12)7-9(10)11/h3-4,7,13H,2,5-6,12H2,1H3. The van der Waals surface area contributed by atoms with Crippen molar-refractivity contribution in [1.82, 2.24) is 4.72 Å². The first kappa shape index (κ1) is 15.4. The molecule has 0 radical (unpaired) electrons. The zero-order valence-corrected chi connectivity index (χ0v) is 12.2. The molecule has 1 atom stereocenters. The lowest BCUT2D eigenvalue weighted by atomic mass is 10.3. The maximum absolute atomic E-state index is 11.9. The lowest BCUT2D eigenvalue weighted by molar-refractivity contribution is 0.580. The first-order valence-electron chi connectivity index (χ1n) is 5.17. The molecule has 0 fully saturated rings. The summed E-state index contributed by atoms with van der Waals surface area (Å²) < 4.78 is 37.0. The third-order valence-electron chi connectivity index (χ3n) is 2.15. The molecule has 0 heterocycles. The van der Waals surface area contributed by atoms with E-state index in [2.05, 4.69) is 4.72 Å². The van der Waals surface area contributed by atoms with Crippen LogP contribution in [-0.4, -0.2) is 31.2 Å². The highest BCUT2D eigenvalue weighted by molar-refractivity contribution is 7.89. The maximum atomic E-state index is 11.9. The topological polar surface area (TPSA) is 89.3 Å². The average molecular weight is 311 g/mol. The lowest BCUT2D eigenvalue weighted by Gasteiger charge is -2.08. The van der Waals surface area contributed by atoms with Gasteiger partial charge in [-0.05, 0) is 24.6 Å². The van der Waals surface area contributed by atoms with Gasteiger partial charge in [0, 0.05) is 35.0 Å². The predicted octanol–water partition coefficient (Wildman–Crippen LogP) is 0.969. The van der Waals surface area contributed by atoms with Gasteiger partial charge in [0.15, 0.2) is 0 Å². The summed E-state index contributed by atoms with van der Waals surface area (Å²) in [7, 11) is -4.57. The van der Waals surface area contributed by atoms with Crippen LogP contribution >= 0.6 is 11.6 Å². The zero-order chi connectivity index (χ0) is 13.8. The third kappa shape index (κ3) is 4.56. The molecule has 0 aliphatic rings. The molecule has 0 saturated carbocycles. The predicted molar refractivity (Wildman–Crippen MR) is 74.6 cm³/mol. The van der Waals surface area contributed by atoms with E-state index in [0.29, 0.717) is 17.9 Å². The van der Waals surface area contributed by atoms with Crippen molar-refractivity contribution in [3.63, 3.8) is 0 Å². The van der Waals surface area contributed by atoms with E-state index < -0.39 is 20.8 Å². The first-order chi connectivity index (χ1) is 8.33. The van der Waals surface area contributed by atoms with E-state index in [1.807, 2.05) is 0 Å². The number of halogens is 1. The van der Waals surface area contributed by atoms with Crippen molar-refractivity contribution in [2.24, 2.45) is 0 Å². The molecule has 102 valence electrons. The number of hydrogen-bond acceptors (Lipinski definition) is 4. The van der Waals surface area contributed by atoms with Crippen LogP contribution in [0, 0.1) is 0 Å². The van der Waals surface area contributed by atoms with Crippen molar-refractivity contribution in [3.8, 4) is 0 Å². The number of nitrogens with one attached hydrogen (secondary N) is 1. The molecule has 8 heteroatoms. The van der Waals surface area contributed by atoms with Crippen molar-refractivity contribution >= 4 is 38.1 Å². The van der Waals surface area contributed by atoms with E-state index in [-0.39, 0.29) is 16.5 Å². The highest BCUT2D eigenvalue weighted by Gasteiger charge is 2.17. The number of rotatable bonds is 6. The number of nitrogen functional groups attached to an aromatic ring is 1. The summed E-state index contributed by atoms with van der Waals surface area (Å²) in [6, 6.07) is 4.22. The van der Waals surface area contributed by atoms with Gasteiger partial charge >= 0.3 is 0 Å². The quantitative estimate of drug-likeness (QED) is 0.605. The molecule has 3 N–H and O–H groups in total. The molecule has 1 unspecified atom stereocenters. The van der Waals surface area contributed by atoms with Gasteiger partial charge < -0.3 is 5.73 Å². The fraction of sp³-hybridized carbons (Fsp3) is 0.400. The molecular formula is C10H15ClN2O3S2. The molecule has 0 aliphatic carbocycles. The molecule has 1 aromatic rings. The molecule has 5 nitrogen and oxygen atoms in total. The monoisotopic (exact) mass is 310 g/mol. The molecular weight excluding hydrogens is 296 g/mol. The van der Waals surface area contributed by atoms with Crippen LogP contribution in [0.15, 0.2) is 23.1 Å². The van der Waals surface area contributed by atoms with Crippen molar-refractivity contribution in [2.45, 2.75) is 11.3 Å². The molecule has 1 rings (SSSR count). The summed E-state index contributed by atoms with van der Waals surface area (Å²) in [5.41, 5.74) is 5.90. The van der Waals surface area contributed by atoms with E-state index in [0.717, 1.165) is 0 Å². The van der Waals surface area contributed by atoms with Gasteiger partial charge in [0.2, 0.25) is 10.0 Å². The highest BCUT2D eigenvalue weighted by Crippen LogP contribution is 2.23. The van der Waals surface area contributed by atoms with E-state index in [1.54, 1.807) is 6.26 Å². The Bertz CT molecular complexity index is 546. The fourth-order valence-corrected chi connectivity index (χ4v) is 3.47. The van der Waals surface area contributed by atoms with E-state index >= 15 is 0 Å². The Hall–Kier alpha value is -0.630. The van der Waals surface area contributed by atoms with Gasteiger partial charge in [0.1, 0.15) is 4.90 Å². The Morgan fingerprint density at radius 1 is 1.44 bits per heavy atom. The van der Waals surface area contributed by atoms with Crippen molar-refractivity contribution in [2.75, 3.05) is 24.3 Å². The number of benzene rings is 1. The molecule has 0 amide bonds. The third-order valence-corrected chi connectivity index (χ3v) is 4.95. The average Bonchev–Trinajstić information content (AvgIpc) is 2.23. The second kappa shape index (κ2) is 6.51. The van der Waals surface area contributed by atoms with Crippen LogP contribution in [-0.2, 0) is 20.8 Å². The largest absolute Gasteiger partial charge is 0.399 e. The molecule has 0 saturated heterocycles. The molecule has 1 aromatic carbocycles. The van der Waals surface area contributed by atoms with Crippen molar-refractivity contribution in [3.05, 3.63) is 23.2 Å². The van der Waals surface area contributed by atoms with Crippen LogP contribution in [0.2, 0.25) is 5.02 Å². The van der Waals surface area contributed by atoms with Crippen LogP contribution in [0.1, 0.15) is 6.42 Å². The van der Waals surface area contributed by atoms with Gasteiger partial charge in [-0.1, -0.05) is 11.6 Å². The lowest BCUT2D eigenvalue weighted by Crippen LogP contribution is -2.26. The summed E-state index contributed by atoms with van der Waals surface area (Å²) in [6.45, 7) is 0.225. The summed E-state index contributed by atoms with van der Waals surface area (Å²) in [4.78, 5) is -0.00372. The van der Waals surface area contributed by atoms with Crippen molar-refractivity contribution < 1.29 is 12.6 Å². The van der Waals surface area contributed by atoms with Crippen LogP contribution < -0.4 is 10.5 Å². The number of anilines is 1. The van der Waals surface area contributed by atoms with Crippen molar-refractivity contribution in [1.29, 1.82) is 0 Å². The molecule has 18 heavy (non-hydrogen) atoms. The van der Waals surface area contributed by atoms with Gasteiger partial charge in [-0.3, -0.25) is 4.21 Å². The normalized spacial score (nSPS) is 13.4. The summed E-state index contributed by atoms with van der Waals surface area (Å²) in [6.07, 6.45) is 2.08. The molecule has 0 bridgehead atoms. The minimum Gasteiger partial charge on any atom is -0.399 e. The van der Waals surface area contributed by atoms with Crippen LogP contribution in [0.25, 0.3) is 0 Å². The minimum absolute atomic E-state index is 0.00372. The molecule has 0 spiro atoms. The number of sulfonamides is 1. The summed E-state index contributed by atoms with van der Waals surface area (Å²) in [5.74, 6) is 0.456. The fourth-order valence-electron chi connectivity index (χ4n) is 1.29. The summed E-state index contributed by atoms with van der Waals surface area (Å²) >= 11 is 5.83. The minimum atomic E-state index is -3.64. The Labute approximate surface area is 114 Å². The van der Waals surface area contributed by atoms with E-state index in [1.165, 1.54) is 18.2 Å². The van der Waals surface area contributed by atoms with Crippen LogP contribution in [0.5, 0.6) is 0 Å². The number of nitrogens with two attached hydrogens (primary N) is 1. The van der Waals surface area contributed by atoms with Crippen LogP contribution in [0.3, 0.4) is 0 Å². The first-order valence-corrected chi connectivity index (χ1v) is 8.76. The second-order valence-electron chi connectivity index (χ2n) is 3.72. The van der Waals surface area contributed by atoms with E-state index in [4.69, 9.17) is 17.3 Å². The Kier molecular flexibility index (Phi) is 5.58. The Balaban J connectivity index is 2.71. The molecule has 0 aliphatic heterocycles. The van der Waals surface area contributed by atoms with Gasteiger partial charge in [0.25, 0.3) is 0 Å². The van der Waals surface area contributed by atoms with Gasteiger partial charge in [-0.25, -0.2) is 13.1 Å². The SMILES string of the molecule is CS(=O)CCCNS(=O)(=O)c1ccc(N)cc1Cl. The van der Waals surface area contributed by atoms with E-state index in [9.17, 15) is 12.6 Å². The molecule has 0 aromatic heterocycles. The Morgan fingerprint density at radius 2 is 2.11 bits per heavy atom. The smallest absolute Gasteiger partial charge is 0.242 e. The number of hydrogen-bond donors (Lipinski definition) is 2. The Morgan fingerprint density at radius 3 is 2.67 bits per heavy atom. The summed E-state index contributed by atoms with van der Waals surface area (Å²) in [5, 5.41) is 0.0848. The zero-order valence-electron chi connectivity index (χ0n) is 9.85. The van der Waals surface area contributed by atoms with Gasteiger partial charge in [0.05, 0.1) is 5.02 Å². The van der Waals surface area contributed by atoms with Gasteiger partial charge in [-0.2, -0.15) is 0 Å². The van der Waals surface area contributed by atoms with Crippen LogP contribution in [0.4, 0.5) is 5.69 Å². The van der Waals surface area contributed by atoms with Gasteiger partial charge in [-0.15, -0.1) is 0 Å². The maximum Gasteiger partial charge on any atom is 0.242 e. The second-order valence-corrected chi connectivity index (χ2v) is 7.42.